The summed E-state index contributed by atoms with van der Waals surface area (Å²) < 4.78 is 11.8. The van der Waals surface area contributed by atoms with Crippen LogP contribution in [-0.4, -0.2) is 46.8 Å². The van der Waals surface area contributed by atoms with Gasteiger partial charge in [-0.3, -0.25) is 19.2 Å². The van der Waals surface area contributed by atoms with Crippen molar-refractivity contribution in [3.05, 3.63) is 130 Å². The van der Waals surface area contributed by atoms with E-state index in [9.17, 15) is 19.2 Å². The molecule has 4 aromatic rings. The van der Waals surface area contributed by atoms with Gasteiger partial charge < -0.3 is 9.47 Å². The number of hydrogen-bond donors (Lipinski definition) is 4. The Kier molecular flexibility index (Phi) is 7.93. The fourth-order valence-corrected chi connectivity index (χ4v) is 4.93. The maximum atomic E-state index is 13.0. The second kappa shape index (κ2) is 12.8. The molecule has 236 valence electrons. The molecule has 10 rings (SSSR count). The van der Waals surface area contributed by atoms with Crippen LogP contribution < -0.4 is 31.2 Å². The van der Waals surface area contributed by atoms with Crippen LogP contribution in [0.4, 0.5) is 0 Å². The molecule has 0 atom stereocenters. The summed E-state index contributed by atoms with van der Waals surface area (Å²) in [6, 6.07) is 26.1. The van der Waals surface area contributed by atoms with Gasteiger partial charge in [0.1, 0.15) is 22.9 Å². The van der Waals surface area contributed by atoms with Gasteiger partial charge in [-0.1, -0.05) is 36.4 Å². The van der Waals surface area contributed by atoms with Crippen molar-refractivity contribution in [3.63, 3.8) is 0 Å². The van der Waals surface area contributed by atoms with Gasteiger partial charge in [-0.05, 0) is 60.7 Å². The summed E-state index contributed by atoms with van der Waals surface area (Å²) in [5, 5.41) is 16.7. The molecule has 4 aromatic carbocycles. The Bertz CT molecular complexity index is 1800. The van der Waals surface area contributed by atoms with Crippen molar-refractivity contribution in [3.8, 4) is 11.5 Å². The van der Waals surface area contributed by atoms with Gasteiger partial charge in [-0.15, -0.1) is 10.2 Å². The molecule has 6 aliphatic rings. The molecule has 0 saturated carbocycles. The highest BCUT2D eigenvalue weighted by atomic mass is 16.5. The summed E-state index contributed by atoms with van der Waals surface area (Å²) >= 11 is 0. The summed E-state index contributed by atoms with van der Waals surface area (Å²) in [5.74, 6) is -1.25. The first-order chi connectivity index (χ1) is 23.4. The molecular formula is C34H24N8O6. The van der Waals surface area contributed by atoms with Crippen LogP contribution in [0.25, 0.3) is 0 Å². The summed E-state index contributed by atoms with van der Waals surface area (Å²) in [6.07, 6.45) is 0.523. The Morgan fingerprint density at radius 2 is 0.729 bits per heavy atom. The number of nitrogens with one attached hydrogen (secondary N) is 4. The molecule has 14 heteroatoms. The smallest absolute Gasteiger partial charge is 0.271 e. The van der Waals surface area contributed by atoms with Crippen LogP contribution in [-0.2, 0) is 12.8 Å². The highest BCUT2D eigenvalue weighted by Gasteiger charge is 2.25. The van der Waals surface area contributed by atoms with Crippen molar-refractivity contribution < 1.29 is 28.7 Å². The van der Waals surface area contributed by atoms with E-state index in [-0.39, 0.29) is 58.3 Å². The van der Waals surface area contributed by atoms with Crippen LogP contribution in [0.1, 0.15) is 52.6 Å². The number of benzene rings is 4. The van der Waals surface area contributed by atoms with E-state index >= 15 is 0 Å². The maximum absolute atomic E-state index is 13.0. The second-order valence-corrected chi connectivity index (χ2v) is 10.6. The first-order valence-electron chi connectivity index (χ1n) is 14.6. The number of nitrogens with zero attached hydrogens (tertiary/aromatic N) is 4. The van der Waals surface area contributed by atoms with Crippen molar-refractivity contribution in [2.45, 2.75) is 12.8 Å². The van der Waals surface area contributed by atoms with Crippen molar-refractivity contribution in [2.24, 2.45) is 20.4 Å². The van der Waals surface area contributed by atoms with Gasteiger partial charge in [0.05, 0.1) is 0 Å². The zero-order chi connectivity index (χ0) is 33.0. The molecule has 0 radical (unpaired) electrons. The molecule has 0 unspecified atom stereocenters. The lowest BCUT2D eigenvalue weighted by molar-refractivity contribution is 0.0942. The molecule has 0 fully saturated rings. The molecule has 0 spiro atoms. The number of hydrogen-bond acceptors (Lipinski definition) is 10. The maximum Gasteiger partial charge on any atom is 0.271 e. The van der Waals surface area contributed by atoms with Crippen LogP contribution in [0, 0.1) is 0 Å². The molecule has 0 aliphatic carbocycles. The molecule has 14 nitrogen and oxygen atoms in total. The van der Waals surface area contributed by atoms with Crippen LogP contribution in [0.3, 0.4) is 0 Å². The number of para-hydroxylation sites is 2. The van der Waals surface area contributed by atoms with E-state index in [0.717, 1.165) is 11.1 Å². The number of carbonyl (C=O) groups is 4. The Morgan fingerprint density at radius 3 is 1.08 bits per heavy atom. The Hall–Kier alpha value is -6.96. The minimum absolute atomic E-state index is 0.0218. The highest BCUT2D eigenvalue weighted by molar-refractivity contribution is 6.41. The number of rotatable bonds is 0. The van der Waals surface area contributed by atoms with Crippen molar-refractivity contribution >= 4 is 46.8 Å². The molecule has 4 amide bonds. The number of amides is 4. The lowest BCUT2D eigenvalue weighted by Gasteiger charge is -2.20. The average Bonchev–Trinajstić information content (AvgIpc) is 3.13. The lowest BCUT2D eigenvalue weighted by atomic mass is 10.0. The minimum Gasteiger partial charge on any atom is -0.436 e. The quantitative estimate of drug-likeness (QED) is 0.229. The minimum atomic E-state index is -0.577. The van der Waals surface area contributed by atoms with Crippen LogP contribution in [0.15, 0.2) is 117 Å². The Labute approximate surface area is 272 Å². The van der Waals surface area contributed by atoms with Crippen molar-refractivity contribution in [2.75, 3.05) is 0 Å². The van der Waals surface area contributed by atoms with Gasteiger partial charge in [0.2, 0.25) is 0 Å². The molecule has 48 heavy (non-hydrogen) atoms. The third-order valence-electron chi connectivity index (χ3n) is 7.49. The second-order valence-electron chi connectivity index (χ2n) is 10.6. The topological polar surface area (TPSA) is 184 Å². The third kappa shape index (κ3) is 6.25. The van der Waals surface area contributed by atoms with E-state index in [1.165, 1.54) is 48.5 Å². The van der Waals surface area contributed by atoms with E-state index in [0.29, 0.717) is 11.5 Å². The Morgan fingerprint density at radius 1 is 0.417 bits per heavy atom. The SMILES string of the molecule is O=C1NN=C2Cc3ccccc3O/C2=N\NC(=O)c2ccc(cc2)C(=O)N/N=C2/Oc3ccccc3C/C2=N\NC(=O)c2ccc1cc2. The van der Waals surface area contributed by atoms with E-state index in [1.54, 1.807) is 24.3 Å². The van der Waals surface area contributed by atoms with E-state index < -0.39 is 23.6 Å². The number of hydrazone groups is 4. The van der Waals surface area contributed by atoms with Gasteiger partial charge in [-0.25, -0.2) is 21.7 Å². The fraction of sp³-hybridized carbons (Fsp3) is 0.0588. The van der Waals surface area contributed by atoms with E-state index in [1.807, 2.05) is 24.3 Å². The molecular weight excluding hydrogens is 616 g/mol. The summed E-state index contributed by atoms with van der Waals surface area (Å²) in [7, 11) is 0. The third-order valence-corrected chi connectivity index (χ3v) is 7.49. The summed E-state index contributed by atoms with van der Waals surface area (Å²) in [6.45, 7) is 0. The normalized spacial score (nSPS) is 19.4. The van der Waals surface area contributed by atoms with Crippen LogP contribution in [0.2, 0.25) is 0 Å². The van der Waals surface area contributed by atoms with Gasteiger partial charge in [0, 0.05) is 46.2 Å². The summed E-state index contributed by atoms with van der Waals surface area (Å²) in [5.41, 5.74) is 12.9. The molecule has 0 aromatic heterocycles. The average molecular weight is 641 g/mol. The van der Waals surface area contributed by atoms with Crippen LogP contribution >= 0.6 is 0 Å². The first-order valence-corrected chi connectivity index (χ1v) is 14.6. The van der Waals surface area contributed by atoms with E-state index in [2.05, 4.69) is 42.1 Å². The lowest BCUT2D eigenvalue weighted by Crippen LogP contribution is -2.34. The molecule has 4 bridgehead atoms. The monoisotopic (exact) mass is 640 g/mol. The highest BCUT2D eigenvalue weighted by Crippen LogP contribution is 2.25. The fourth-order valence-electron chi connectivity index (χ4n) is 4.93. The molecule has 4 N–H and O–H groups in total. The van der Waals surface area contributed by atoms with Gasteiger partial charge in [-0.2, -0.15) is 10.2 Å². The number of fused-ring (bicyclic) bond motifs is 2. The first kappa shape index (κ1) is 29.7. The number of ether oxygens (including phenoxy) is 2. The number of carbonyl (C=O) groups excluding carboxylic acids is 4. The molecule has 6 heterocycles. The van der Waals surface area contributed by atoms with Gasteiger partial charge >= 0.3 is 0 Å². The Balaban J connectivity index is 1.22. The van der Waals surface area contributed by atoms with Gasteiger partial charge in [0.25, 0.3) is 35.4 Å². The van der Waals surface area contributed by atoms with Crippen LogP contribution in [0.5, 0.6) is 11.5 Å². The van der Waals surface area contributed by atoms with Crippen molar-refractivity contribution in [1.82, 2.24) is 21.7 Å². The molecule has 6 aliphatic heterocycles. The van der Waals surface area contributed by atoms with Gasteiger partial charge in [0.15, 0.2) is 0 Å². The van der Waals surface area contributed by atoms with Crippen molar-refractivity contribution in [1.29, 1.82) is 0 Å². The van der Waals surface area contributed by atoms with E-state index in [4.69, 9.17) is 9.47 Å². The zero-order valence-corrected chi connectivity index (χ0v) is 24.9. The molecule has 0 saturated heterocycles. The summed E-state index contributed by atoms with van der Waals surface area (Å²) in [4.78, 5) is 51.9. The predicted molar refractivity (Wildman–Crippen MR) is 174 cm³/mol. The zero-order valence-electron chi connectivity index (χ0n) is 24.9. The standard InChI is InChI=1S/C34H24N8O6/c43-29-19-9-11-20(12-10-19)30(44)38-36-26-18-24-6-2-4-8-28(24)48-34(26)42-40-32(46)22-15-13-21(14-16-22)31(45)39-41-33-25(35-37-29)17-23-5-1-3-7-27(23)47-33/h1-16H,17-18H2,(H,37,43)(H,38,44)(H,39,45)(H,40,46). The largest absolute Gasteiger partial charge is 0.436 e. The predicted octanol–water partition coefficient (Wildman–Crippen LogP) is 2.93.